The second-order valence-electron chi connectivity index (χ2n) is 7.22. The number of aromatic nitrogens is 1. The van der Waals surface area contributed by atoms with Crippen LogP contribution in [0.2, 0.25) is 0 Å². The fourth-order valence-corrected chi connectivity index (χ4v) is 4.06. The Hall–Kier alpha value is -3.01. The Kier molecular flexibility index (Phi) is 3.38. The van der Waals surface area contributed by atoms with Gasteiger partial charge in [0.05, 0.1) is 23.7 Å². The third-order valence-electron chi connectivity index (χ3n) is 5.44. The second-order valence-corrected chi connectivity index (χ2v) is 7.22. The number of anilines is 1. The van der Waals surface area contributed by atoms with E-state index in [9.17, 15) is 4.79 Å². The Morgan fingerprint density at radius 3 is 2.92 bits per heavy atom. The van der Waals surface area contributed by atoms with Gasteiger partial charge in [0.15, 0.2) is 0 Å². The first kappa shape index (κ1) is 15.3. The predicted octanol–water partition coefficient (Wildman–Crippen LogP) is 4.46. The standard InChI is InChI=1S/C22H19N3O/c1-13-2-4-14(5-3-13)21-17-12-23-9-8-19(17)25-22(21)15-6-7-18-16(10-15)11-20(26)24-18/h2,4,6-10,12,21H,3,5,11H2,1H3,(H,24,26)/t21-/m0/s1. The molecular formula is C22H19N3O. The summed E-state index contributed by atoms with van der Waals surface area (Å²) in [5.41, 5.74) is 9.11. The summed E-state index contributed by atoms with van der Waals surface area (Å²) in [7, 11) is 0. The monoisotopic (exact) mass is 341 g/mol. The first-order valence-electron chi connectivity index (χ1n) is 9.01. The lowest BCUT2D eigenvalue weighted by molar-refractivity contribution is -0.115. The molecule has 5 rings (SSSR count). The summed E-state index contributed by atoms with van der Waals surface area (Å²) in [6.45, 7) is 2.18. The lowest BCUT2D eigenvalue weighted by Gasteiger charge is -2.21. The van der Waals surface area contributed by atoms with E-state index in [0.717, 1.165) is 41.1 Å². The summed E-state index contributed by atoms with van der Waals surface area (Å²) < 4.78 is 0. The summed E-state index contributed by atoms with van der Waals surface area (Å²) in [6, 6.07) is 8.16. The Balaban J connectivity index is 1.62. The highest BCUT2D eigenvalue weighted by molar-refractivity contribution is 6.12. The van der Waals surface area contributed by atoms with E-state index in [-0.39, 0.29) is 11.8 Å². The largest absolute Gasteiger partial charge is 0.326 e. The zero-order valence-electron chi connectivity index (χ0n) is 14.6. The van der Waals surface area contributed by atoms with Crippen LogP contribution < -0.4 is 5.32 Å². The molecule has 0 fully saturated rings. The molecule has 1 N–H and O–H groups in total. The maximum Gasteiger partial charge on any atom is 0.228 e. The van der Waals surface area contributed by atoms with Gasteiger partial charge in [-0.1, -0.05) is 29.4 Å². The summed E-state index contributed by atoms with van der Waals surface area (Å²) in [6.07, 6.45) is 10.8. The summed E-state index contributed by atoms with van der Waals surface area (Å²) in [5, 5.41) is 2.90. The van der Waals surface area contributed by atoms with Gasteiger partial charge in [0.2, 0.25) is 5.91 Å². The Morgan fingerprint density at radius 1 is 1.15 bits per heavy atom. The smallest absolute Gasteiger partial charge is 0.228 e. The van der Waals surface area contributed by atoms with E-state index in [0.29, 0.717) is 6.42 Å². The number of hydrogen-bond donors (Lipinski definition) is 1. The van der Waals surface area contributed by atoms with Gasteiger partial charge in [0.1, 0.15) is 0 Å². The number of aliphatic imine (C=N–C) groups is 1. The number of fused-ring (bicyclic) bond motifs is 2. The zero-order valence-corrected chi connectivity index (χ0v) is 14.6. The highest BCUT2D eigenvalue weighted by atomic mass is 16.1. The maximum atomic E-state index is 11.7. The van der Waals surface area contributed by atoms with Crippen molar-refractivity contribution in [1.82, 2.24) is 4.98 Å². The van der Waals surface area contributed by atoms with Crippen molar-refractivity contribution >= 4 is 23.0 Å². The van der Waals surface area contributed by atoms with Gasteiger partial charge in [0, 0.05) is 23.6 Å². The number of nitrogens with zero attached hydrogens (tertiary/aromatic N) is 2. The first-order chi connectivity index (χ1) is 12.7. The quantitative estimate of drug-likeness (QED) is 0.877. The average Bonchev–Trinajstić information content (AvgIpc) is 3.21. The molecule has 2 aromatic rings. The Bertz CT molecular complexity index is 1030. The van der Waals surface area contributed by atoms with E-state index in [1.165, 1.54) is 16.7 Å². The molecule has 2 aliphatic heterocycles. The van der Waals surface area contributed by atoms with Crippen molar-refractivity contribution in [2.24, 2.45) is 4.99 Å². The van der Waals surface area contributed by atoms with E-state index in [1.54, 1.807) is 6.20 Å². The van der Waals surface area contributed by atoms with Gasteiger partial charge in [0.25, 0.3) is 0 Å². The molecular weight excluding hydrogens is 322 g/mol. The lowest BCUT2D eigenvalue weighted by atomic mass is 9.81. The van der Waals surface area contributed by atoms with Crippen LogP contribution in [0.4, 0.5) is 11.4 Å². The maximum absolute atomic E-state index is 11.7. The van der Waals surface area contributed by atoms with Gasteiger partial charge in [-0.05, 0) is 49.1 Å². The molecule has 0 saturated carbocycles. The number of hydrogen-bond acceptors (Lipinski definition) is 3. The molecule has 0 spiro atoms. The van der Waals surface area contributed by atoms with Crippen molar-refractivity contribution in [3.05, 3.63) is 76.6 Å². The van der Waals surface area contributed by atoms with Gasteiger partial charge in [-0.15, -0.1) is 0 Å². The second kappa shape index (κ2) is 5.77. The lowest BCUT2D eigenvalue weighted by Crippen LogP contribution is -2.14. The number of amides is 1. The molecule has 0 saturated heterocycles. The molecule has 4 nitrogen and oxygen atoms in total. The summed E-state index contributed by atoms with van der Waals surface area (Å²) in [4.78, 5) is 21.0. The third kappa shape index (κ3) is 2.41. The molecule has 3 aliphatic rings. The van der Waals surface area contributed by atoms with Crippen molar-refractivity contribution in [3.8, 4) is 0 Å². The fraction of sp³-hybridized carbons (Fsp3) is 0.227. The topological polar surface area (TPSA) is 54.4 Å². The minimum absolute atomic E-state index is 0.0603. The minimum atomic E-state index is 0.0603. The number of carbonyl (C=O) groups excluding carboxylic acids is 1. The minimum Gasteiger partial charge on any atom is -0.326 e. The third-order valence-corrected chi connectivity index (χ3v) is 5.44. The predicted molar refractivity (Wildman–Crippen MR) is 103 cm³/mol. The average molecular weight is 341 g/mol. The van der Waals surface area contributed by atoms with Crippen LogP contribution in [0.3, 0.4) is 0 Å². The van der Waals surface area contributed by atoms with Crippen molar-refractivity contribution in [2.75, 3.05) is 5.32 Å². The molecule has 4 heteroatoms. The van der Waals surface area contributed by atoms with E-state index in [1.807, 2.05) is 18.3 Å². The van der Waals surface area contributed by atoms with Crippen molar-refractivity contribution < 1.29 is 4.79 Å². The molecule has 0 unspecified atom stereocenters. The van der Waals surface area contributed by atoms with Crippen LogP contribution in [0, 0.1) is 0 Å². The summed E-state index contributed by atoms with van der Waals surface area (Å²) in [5.74, 6) is 0.205. The van der Waals surface area contributed by atoms with Gasteiger partial charge < -0.3 is 5.32 Å². The molecule has 128 valence electrons. The number of pyridine rings is 1. The van der Waals surface area contributed by atoms with Crippen LogP contribution in [-0.4, -0.2) is 16.6 Å². The SMILES string of the molecule is CC1=CC=C([C@@H]2C(c3ccc4c(c3)CC(=O)N4)=Nc3ccncc32)CC1. The van der Waals surface area contributed by atoms with Crippen LogP contribution >= 0.6 is 0 Å². The first-order valence-corrected chi connectivity index (χ1v) is 9.01. The molecule has 1 aromatic heterocycles. The van der Waals surface area contributed by atoms with Crippen LogP contribution in [0.5, 0.6) is 0 Å². The molecule has 1 aromatic carbocycles. The fourth-order valence-electron chi connectivity index (χ4n) is 4.06. The van der Waals surface area contributed by atoms with E-state index in [2.05, 4.69) is 41.5 Å². The van der Waals surface area contributed by atoms with Crippen LogP contribution in [0.15, 0.2) is 64.9 Å². The van der Waals surface area contributed by atoms with Crippen molar-refractivity contribution in [3.63, 3.8) is 0 Å². The van der Waals surface area contributed by atoms with Gasteiger partial charge in [-0.25, -0.2) is 0 Å². The number of nitrogens with one attached hydrogen (secondary N) is 1. The molecule has 3 heterocycles. The number of allylic oxidation sites excluding steroid dienone is 4. The van der Waals surface area contributed by atoms with Crippen LogP contribution in [0.1, 0.15) is 42.4 Å². The van der Waals surface area contributed by atoms with E-state index >= 15 is 0 Å². The number of carbonyl (C=O) groups is 1. The van der Waals surface area contributed by atoms with Crippen LogP contribution in [0.25, 0.3) is 0 Å². The molecule has 0 bridgehead atoms. The van der Waals surface area contributed by atoms with Gasteiger partial charge in [-0.2, -0.15) is 0 Å². The highest BCUT2D eigenvalue weighted by Gasteiger charge is 2.32. The van der Waals surface area contributed by atoms with E-state index in [4.69, 9.17) is 4.99 Å². The van der Waals surface area contributed by atoms with Gasteiger partial charge >= 0.3 is 0 Å². The zero-order chi connectivity index (χ0) is 17.7. The highest BCUT2D eigenvalue weighted by Crippen LogP contribution is 2.44. The Labute approximate surface area is 152 Å². The van der Waals surface area contributed by atoms with Crippen molar-refractivity contribution in [2.45, 2.75) is 32.1 Å². The van der Waals surface area contributed by atoms with Gasteiger partial charge in [-0.3, -0.25) is 14.8 Å². The van der Waals surface area contributed by atoms with Crippen molar-refractivity contribution in [1.29, 1.82) is 0 Å². The Morgan fingerprint density at radius 2 is 2.08 bits per heavy atom. The summed E-state index contributed by atoms with van der Waals surface area (Å²) >= 11 is 0. The normalized spacial score (nSPS) is 20.7. The molecule has 26 heavy (non-hydrogen) atoms. The molecule has 1 aliphatic carbocycles. The number of rotatable bonds is 2. The van der Waals surface area contributed by atoms with Crippen LogP contribution in [-0.2, 0) is 11.2 Å². The molecule has 1 amide bonds. The van der Waals surface area contributed by atoms with E-state index < -0.39 is 0 Å². The molecule has 0 radical (unpaired) electrons. The number of benzene rings is 1. The molecule has 1 atom stereocenters.